The third kappa shape index (κ3) is 4.70. The van der Waals surface area contributed by atoms with Gasteiger partial charge in [-0.25, -0.2) is 0 Å². The van der Waals surface area contributed by atoms with Gasteiger partial charge in [-0.15, -0.1) is 0 Å². The molecule has 0 aliphatic heterocycles. The van der Waals surface area contributed by atoms with Crippen LogP contribution in [0.5, 0.6) is 0 Å². The topological polar surface area (TPSA) is 40.5 Å². The molecule has 0 bridgehead atoms. The molecule has 0 amide bonds. The molecule has 3 fully saturated rings. The Morgan fingerprint density at radius 1 is 1.03 bits per heavy atom. The predicted octanol–water partition coefficient (Wildman–Crippen LogP) is 7.28. The highest BCUT2D eigenvalue weighted by molar-refractivity contribution is 5.25. The van der Waals surface area contributed by atoms with Gasteiger partial charge in [0.15, 0.2) is 0 Å². The zero-order valence-electron chi connectivity index (χ0n) is 20.6. The second kappa shape index (κ2) is 10.1. The standard InChI is InChI=1S/C25H42O2.C3H8/c1-17(26)6-4-5-7-18-9-11-22-21-10-8-19-16-20(27)12-14-25(19,3)23(21)13-15-24(18,22)2;1-3-2/h8,17-18,20-23,26-27H,4-7,9-16H2,1-3H3;3H2,1-2H3. The van der Waals surface area contributed by atoms with E-state index in [-0.39, 0.29) is 12.2 Å². The monoisotopic (exact) mass is 418 g/mol. The van der Waals surface area contributed by atoms with E-state index in [9.17, 15) is 10.2 Å². The smallest absolute Gasteiger partial charge is 0.0577 e. The SMILES string of the molecule is CC(O)CCCCC1CCC2C3CC=C4CC(O)CCC4(C)C3CCC12C.CCC. The van der Waals surface area contributed by atoms with Crippen molar-refractivity contribution in [1.29, 1.82) is 0 Å². The van der Waals surface area contributed by atoms with Crippen molar-refractivity contribution in [3.63, 3.8) is 0 Å². The molecule has 0 radical (unpaired) electrons. The Bertz CT molecular complexity index is 581. The molecule has 0 heterocycles. The van der Waals surface area contributed by atoms with Crippen LogP contribution in [-0.2, 0) is 0 Å². The Hall–Kier alpha value is -0.340. The zero-order valence-corrected chi connectivity index (χ0v) is 20.6. The molecule has 2 nitrogen and oxygen atoms in total. The van der Waals surface area contributed by atoms with Crippen molar-refractivity contribution in [2.24, 2.45) is 34.5 Å². The van der Waals surface area contributed by atoms with E-state index in [0.717, 1.165) is 42.9 Å². The van der Waals surface area contributed by atoms with Crippen LogP contribution in [0.25, 0.3) is 0 Å². The maximum atomic E-state index is 10.2. The van der Waals surface area contributed by atoms with Gasteiger partial charge in [0.25, 0.3) is 0 Å². The van der Waals surface area contributed by atoms with E-state index in [2.05, 4.69) is 33.8 Å². The van der Waals surface area contributed by atoms with Crippen LogP contribution in [0.1, 0.15) is 118 Å². The van der Waals surface area contributed by atoms with Crippen molar-refractivity contribution in [2.75, 3.05) is 0 Å². The summed E-state index contributed by atoms with van der Waals surface area (Å²) in [7, 11) is 0. The predicted molar refractivity (Wildman–Crippen MR) is 127 cm³/mol. The third-order valence-electron chi connectivity index (χ3n) is 9.70. The van der Waals surface area contributed by atoms with E-state index in [1.54, 1.807) is 5.57 Å². The summed E-state index contributed by atoms with van der Waals surface area (Å²) < 4.78 is 0. The number of allylic oxidation sites excluding steroid dienone is 1. The van der Waals surface area contributed by atoms with Gasteiger partial charge in [-0.3, -0.25) is 0 Å². The number of aliphatic hydroxyl groups is 2. The van der Waals surface area contributed by atoms with Gasteiger partial charge in [-0.05, 0) is 106 Å². The molecule has 3 saturated carbocycles. The minimum absolute atomic E-state index is 0.0905. The lowest BCUT2D eigenvalue weighted by Gasteiger charge is -2.58. The average molecular weight is 419 g/mol. The van der Waals surface area contributed by atoms with Crippen LogP contribution >= 0.6 is 0 Å². The van der Waals surface area contributed by atoms with Crippen LogP contribution in [-0.4, -0.2) is 22.4 Å². The molecule has 0 aromatic rings. The molecule has 2 N–H and O–H groups in total. The Morgan fingerprint density at radius 2 is 1.77 bits per heavy atom. The first kappa shape index (κ1) is 24.3. The molecule has 2 heteroatoms. The molecule has 0 spiro atoms. The second-order valence-corrected chi connectivity index (χ2v) is 11.8. The van der Waals surface area contributed by atoms with E-state index in [1.165, 1.54) is 64.2 Å². The summed E-state index contributed by atoms with van der Waals surface area (Å²) >= 11 is 0. The number of hydrogen-bond donors (Lipinski definition) is 2. The average Bonchev–Trinajstić information content (AvgIpc) is 3.03. The largest absolute Gasteiger partial charge is 0.393 e. The molecular weight excluding hydrogens is 368 g/mol. The minimum atomic E-state index is -0.134. The maximum Gasteiger partial charge on any atom is 0.0577 e. The fraction of sp³-hybridized carbons (Fsp3) is 0.929. The lowest BCUT2D eigenvalue weighted by Crippen LogP contribution is -2.50. The van der Waals surface area contributed by atoms with Gasteiger partial charge in [-0.2, -0.15) is 0 Å². The summed E-state index contributed by atoms with van der Waals surface area (Å²) in [5.41, 5.74) is 2.53. The quantitative estimate of drug-likeness (QED) is 0.363. The van der Waals surface area contributed by atoms with Crippen molar-refractivity contribution >= 4 is 0 Å². The van der Waals surface area contributed by atoms with Gasteiger partial charge in [0, 0.05) is 0 Å². The number of aliphatic hydroxyl groups excluding tert-OH is 2. The molecule has 4 aliphatic carbocycles. The maximum absolute atomic E-state index is 10.2. The summed E-state index contributed by atoms with van der Waals surface area (Å²) in [4.78, 5) is 0. The Balaban J connectivity index is 0.000000806. The molecule has 8 atom stereocenters. The molecule has 0 saturated heterocycles. The van der Waals surface area contributed by atoms with Crippen molar-refractivity contribution in [3.8, 4) is 0 Å². The molecule has 174 valence electrons. The first-order chi connectivity index (χ1) is 14.3. The molecule has 4 rings (SSSR count). The van der Waals surface area contributed by atoms with Crippen LogP contribution in [0, 0.1) is 34.5 Å². The highest BCUT2D eigenvalue weighted by atomic mass is 16.3. The van der Waals surface area contributed by atoms with Crippen LogP contribution in [0.15, 0.2) is 11.6 Å². The van der Waals surface area contributed by atoms with E-state index in [0.29, 0.717) is 10.8 Å². The van der Waals surface area contributed by atoms with Crippen molar-refractivity contribution in [3.05, 3.63) is 11.6 Å². The van der Waals surface area contributed by atoms with Gasteiger partial charge in [0.2, 0.25) is 0 Å². The van der Waals surface area contributed by atoms with Crippen LogP contribution < -0.4 is 0 Å². The van der Waals surface area contributed by atoms with E-state index >= 15 is 0 Å². The number of rotatable bonds is 5. The van der Waals surface area contributed by atoms with E-state index in [4.69, 9.17) is 0 Å². The van der Waals surface area contributed by atoms with Gasteiger partial charge < -0.3 is 10.2 Å². The summed E-state index contributed by atoms with van der Waals surface area (Å²) in [6.07, 6.45) is 18.5. The fourth-order valence-electron chi connectivity index (χ4n) is 8.06. The second-order valence-electron chi connectivity index (χ2n) is 11.8. The lowest BCUT2D eigenvalue weighted by molar-refractivity contribution is -0.0509. The van der Waals surface area contributed by atoms with Crippen LogP contribution in [0.4, 0.5) is 0 Å². The normalized spacial score (nSPS) is 43.4. The summed E-state index contributed by atoms with van der Waals surface area (Å²) in [6, 6.07) is 0. The third-order valence-corrected chi connectivity index (χ3v) is 9.70. The molecule has 30 heavy (non-hydrogen) atoms. The summed E-state index contributed by atoms with van der Waals surface area (Å²) in [5.74, 6) is 3.57. The first-order valence-electron chi connectivity index (χ1n) is 13.3. The molecule has 0 aromatic carbocycles. The van der Waals surface area contributed by atoms with Crippen LogP contribution in [0.2, 0.25) is 0 Å². The fourth-order valence-corrected chi connectivity index (χ4v) is 8.06. The summed E-state index contributed by atoms with van der Waals surface area (Å²) in [5, 5.41) is 19.7. The van der Waals surface area contributed by atoms with E-state index in [1.807, 2.05) is 6.92 Å². The molecular formula is C28H50O2. The van der Waals surface area contributed by atoms with Gasteiger partial charge >= 0.3 is 0 Å². The summed E-state index contributed by atoms with van der Waals surface area (Å²) in [6.45, 7) is 11.3. The Kier molecular flexibility index (Phi) is 8.16. The van der Waals surface area contributed by atoms with Gasteiger partial charge in [0.05, 0.1) is 12.2 Å². The van der Waals surface area contributed by atoms with Crippen molar-refractivity contribution in [1.82, 2.24) is 0 Å². The van der Waals surface area contributed by atoms with Crippen molar-refractivity contribution < 1.29 is 10.2 Å². The number of hydrogen-bond acceptors (Lipinski definition) is 2. The lowest BCUT2D eigenvalue weighted by atomic mass is 9.47. The molecule has 4 aliphatic rings. The number of fused-ring (bicyclic) bond motifs is 5. The Labute approximate surface area is 186 Å². The highest BCUT2D eigenvalue weighted by Crippen LogP contribution is 2.66. The first-order valence-corrected chi connectivity index (χ1v) is 13.3. The Morgan fingerprint density at radius 3 is 2.47 bits per heavy atom. The van der Waals surface area contributed by atoms with Gasteiger partial charge in [0.1, 0.15) is 0 Å². The minimum Gasteiger partial charge on any atom is -0.393 e. The highest BCUT2D eigenvalue weighted by Gasteiger charge is 2.58. The number of unbranched alkanes of at least 4 members (excludes halogenated alkanes) is 1. The van der Waals surface area contributed by atoms with Crippen LogP contribution in [0.3, 0.4) is 0 Å². The zero-order chi connectivity index (χ0) is 21.9. The van der Waals surface area contributed by atoms with E-state index < -0.39 is 0 Å². The van der Waals surface area contributed by atoms with Gasteiger partial charge in [-0.1, -0.05) is 58.6 Å². The molecule has 8 unspecified atom stereocenters. The van der Waals surface area contributed by atoms with Crippen molar-refractivity contribution in [2.45, 2.75) is 130 Å². The molecule has 0 aromatic heterocycles.